The molecule has 0 spiro atoms. The number of aliphatic carboxylic acids is 1. The second kappa shape index (κ2) is 5.81. The fourth-order valence-corrected chi connectivity index (χ4v) is 2.29. The van der Waals surface area contributed by atoms with Crippen molar-refractivity contribution in [2.75, 3.05) is 0 Å². The number of carboxylic acid groups (broad SMARTS) is 1. The van der Waals surface area contributed by atoms with E-state index in [0.29, 0.717) is 0 Å². The Balaban J connectivity index is 2.58. The molecule has 0 aliphatic heterocycles. The molecule has 100 valence electrons. The lowest BCUT2D eigenvalue weighted by Crippen LogP contribution is -2.38. The van der Waals surface area contributed by atoms with Gasteiger partial charge in [-0.1, -0.05) is 11.3 Å². The minimum absolute atomic E-state index is 0.0918. The molecule has 0 unspecified atom stereocenters. The molecule has 0 fully saturated rings. The fourth-order valence-electron chi connectivity index (χ4n) is 1.43. The molecule has 0 bridgehead atoms. The Labute approximate surface area is 108 Å². The van der Waals surface area contributed by atoms with E-state index >= 15 is 0 Å². The molecule has 0 saturated carbocycles. The quantitative estimate of drug-likeness (QED) is 0.817. The Morgan fingerprint density at radius 2 is 2.06 bits per heavy atom. The lowest BCUT2D eigenvalue weighted by atomic mass is 10.3. The van der Waals surface area contributed by atoms with Crippen LogP contribution in [0.3, 0.4) is 0 Å². The van der Waals surface area contributed by atoms with Crippen LogP contribution >= 0.6 is 11.3 Å². The van der Waals surface area contributed by atoms with Gasteiger partial charge in [-0.3, -0.25) is 14.4 Å². The number of carbonyl (C=O) groups is 2. The molecule has 1 heterocycles. The highest BCUT2D eigenvalue weighted by molar-refractivity contribution is 7.09. The maximum atomic E-state index is 11.6. The molecule has 1 atom stereocenters. The molecule has 0 saturated heterocycles. The van der Waals surface area contributed by atoms with E-state index < -0.39 is 12.0 Å². The number of nitrogens with one attached hydrogen (secondary N) is 1. The maximum Gasteiger partial charge on any atom is 0.325 e. The van der Waals surface area contributed by atoms with Gasteiger partial charge < -0.3 is 15.0 Å². The van der Waals surface area contributed by atoms with E-state index in [4.69, 9.17) is 5.11 Å². The normalized spacial score (nSPS) is 12.2. The first-order valence-corrected chi connectivity index (χ1v) is 6.33. The minimum Gasteiger partial charge on any atom is -0.480 e. The van der Waals surface area contributed by atoms with E-state index in [2.05, 4.69) is 5.32 Å². The largest absolute Gasteiger partial charge is 0.480 e. The van der Waals surface area contributed by atoms with Crippen molar-refractivity contribution in [2.24, 2.45) is 0 Å². The smallest absolute Gasteiger partial charge is 0.325 e. The SMILES string of the molecule is Cc1sc(=O)n(CCC(=O)N[C@@H](C)C(=O)O)c1C. The van der Waals surface area contributed by atoms with Gasteiger partial charge in [0.25, 0.3) is 0 Å². The van der Waals surface area contributed by atoms with E-state index in [1.807, 2.05) is 13.8 Å². The van der Waals surface area contributed by atoms with E-state index in [9.17, 15) is 14.4 Å². The fraction of sp³-hybridized carbons (Fsp3) is 0.545. The van der Waals surface area contributed by atoms with E-state index in [1.165, 1.54) is 11.5 Å². The Bertz CT molecular complexity index is 518. The molecule has 6 nitrogen and oxygen atoms in total. The topological polar surface area (TPSA) is 88.4 Å². The molecule has 7 heteroatoms. The van der Waals surface area contributed by atoms with Crippen molar-refractivity contribution >= 4 is 23.2 Å². The number of thiazole rings is 1. The zero-order chi connectivity index (χ0) is 13.9. The second-order valence-electron chi connectivity index (χ2n) is 4.04. The van der Waals surface area contributed by atoms with Gasteiger partial charge in [0.2, 0.25) is 5.91 Å². The number of aryl methyl sites for hydroxylation is 1. The highest BCUT2D eigenvalue weighted by Gasteiger charge is 2.14. The number of carbonyl (C=O) groups excluding carboxylic acids is 1. The predicted octanol–water partition coefficient (Wildman–Crippen LogP) is 0.506. The summed E-state index contributed by atoms with van der Waals surface area (Å²) in [6.45, 7) is 5.34. The van der Waals surface area contributed by atoms with Crippen LogP contribution in [0.15, 0.2) is 4.79 Å². The van der Waals surface area contributed by atoms with E-state index in [-0.39, 0.29) is 23.7 Å². The Kier molecular flexibility index (Phi) is 4.66. The molecule has 0 aliphatic rings. The van der Waals surface area contributed by atoms with Crippen LogP contribution in [-0.2, 0) is 16.1 Å². The van der Waals surface area contributed by atoms with Gasteiger partial charge in [0.1, 0.15) is 6.04 Å². The molecule has 2 N–H and O–H groups in total. The zero-order valence-electron chi connectivity index (χ0n) is 10.5. The van der Waals surface area contributed by atoms with Crippen molar-refractivity contribution in [3.05, 3.63) is 20.2 Å². The van der Waals surface area contributed by atoms with Crippen LogP contribution in [-0.4, -0.2) is 27.6 Å². The Morgan fingerprint density at radius 3 is 2.50 bits per heavy atom. The summed E-state index contributed by atoms with van der Waals surface area (Å²) in [6.07, 6.45) is 0.0918. The predicted molar refractivity (Wildman–Crippen MR) is 67.9 cm³/mol. The third-order valence-electron chi connectivity index (χ3n) is 2.69. The molecular weight excluding hydrogens is 256 g/mol. The molecule has 1 aromatic rings. The van der Waals surface area contributed by atoms with Crippen LogP contribution in [0.1, 0.15) is 23.9 Å². The number of aromatic nitrogens is 1. The lowest BCUT2D eigenvalue weighted by molar-refractivity contribution is -0.141. The average molecular weight is 272 g/mol. The molecule has 0 radical (unpaired) electrons. The van der Waals surface area contributed by atoms with Crippen molar-refractivity contribution in [1.29, 1.82) is 0 Å². The third-order valence-corrected chi connectivity index (χ3v) is 3.68. The molecule has 1 rings (SSSR count). The van der Waals surface area contributed by atoms with Gasteiger partial charge in [-0.05, 0) is 20.8 Å². The second-order valence-corrected chi connectivity index (χ2v) is 5.20. The van der Waals surface area contributed by atoms with Crippen molar-refractivity contribution in [1.82, 2.24) is 9.88 Å². The van der Waals surface area contributed by atoms with Crippen LogP contribution in [0.4, 0.5) is 0 Å². The molecule has 0 aromatic carbocycles. The van der Waals surface area contributed by atoms with Crippen LogP contribution in [0.2, 0.25) is 0 Å². The summed E-state index contributed by atoms with van der Waals surface area (Å²) in [6, 6.07) is -0.917. The third kappa shape index (κ3) is 3.43. The number of hydrogen-bond donors (Lipinski definition) is 2. The van der Waals surface area contributed by atoms with Crippen LogP contribution in [0.25, 0.3) is 0 Å². The van der Waals surface area contributed by atoms with E-state index in [0.717, 1.165) is 21.9 Å². The summed E-state index contributed by atoms with van der Waals surface area (Å²) in [5.41, 5.74) is 0.851. The molecule has 1 aromatic heterocycles. The molecule has 18 heavy (non-hydrogen) atoms. The standard InChI is InChI=1S/C11H16N2O4S/c1-6(10(15)16)12-9(14)4-5-13-7(2)8(3)18-11(13)17/h6H,4-5H2,1-3H3,(H,12,14)(H,15,16)/t6-/m0/s1. The number of amides is 1. The molecule has 0 aliphatic carbocycles. The van der Waals surface area contributed by atoms with E-state index in [1.54, 1.807) is 0 Å². The monoisotopic (exact) mass is 272 g/mol. The highest BCUT2D eigenvalue weighted by Crippen LogP contribution is 2.09. The lowest BCUT2D eigenvalue weighted by Gasteiger charge is -2.09. The summed E-state index contributed by atoms with van der Waals surface area (Å²) in [5, 5.41) is 11.0. The van der Waals surface area contributed by atoms with Gasteiger partial charge >= 0.3 is 10.8 Å². The molecule has 1 amide bonds. The first-order chi connectivity index (χ1) is 8.32. The molecular formula is C11H16N2O4S. The van der Waals surface area contributed by atoms with Gasteiger partial charge in [-0.2, -0.15) is 0 Å². The first-order valence-electron chi connectivity index (χ1n) is 5.52. The van der Waals surface area contributed by atoms with Crippen LogP contribution < -0.4 is 10.2 Å². The summed E-state index contributed by atoms with van der Waals surface area (Å²) in [4.78, 5) is 34.4. The van der Waals surface area contributed by atoms with Crippen molar-refractivity contribution < 1.29 is 14.7 Å². The summed E-state index contributed by atoms with van der Waals surface area (Å²) in [7, 11) is 0. The summed E-state index contributed by atoms with van der Waals surface area (Å²) >= 11 is 1.15. The van der Waals surface area contributed by atoms with Crippen molar-refractivity contribution in [2.45, 2.75) is 39.8 Å². The van der Waals surface area contributed by atoms with Gasteiger partial charge in [0.05, 0.1) is 0 Å². The van der Waals surface area contributed by atoms with Gasteiger partial charge in [-0.25, -0.2) is 0 Å². The first kappa shape index (κ1) is 14.4. The Morgan fingerprint density at radius 1 is 1.44 bits per heavy atom. The highest BCUT2D eigenvalue weighted by atomic mass is 32.1. The number of carboxylic acids is 1. The van der Waals surface area contributed by atoms with Crippen LogP contribution in [0, 0.1) is 13.8 Å². The maximum absolute atomic E-state index is 11.6. The summed E-state index contributed by atoms with van der Waals surface area (Å²) < 4.78 is 1.53. The number of rotatable bonds is 5. The Hall–Kier alpha value is -1.63. The van der Waals surface area contributed by atoms with Gasteiger partial charge in [0.15, 0.2) is 0 Å². The average Bonchev–Trinajstić information content (AvgIpc) is 2.51. The number of nitrogens with zero attached hydrogens (tertiary/aromatic N) is 1. The summed E-state index contributed by atoms with van der Waals surface area (Å²) in [5.74, 6) is -1.46. The van der Waals surface area contributed by atoms with Gasteiger partial charge in [0, 0.05) is 23.5 Å². The minimum atomic E-state index is -1.08. The van der Waals surface area contributed by atoms with Crippen molar-refractivity contribution in [3.8, 4) is 0 Å². The van der Waals surface area contributed by atoms with Crippen LogP contribution in [0.5, 0.6) is 0 Å². The van der Waals surface area contributed by atoms with Crippen molar-refractivity contribution in [3.63, 3.8) is 0 Å². The van der Waals surface area contributed by atoms with Gasteiger partial charge in [-0.15, -0.1) is 0 Å². The number of hydrogen-bond acceptors (Lipinski definition) is 4. The zero-order valence-corrected chi connectivity index (χ0v) is 11.3.